The van der Waals surface area contributed by atoms with Crippen molar-refractivity contribution in [2.24, 2.45) is 17.3 Å². The SMILES string of the molecule is CC1SCCCC(C)(C)C2CCCC12. The average molecular weight is 212 g/mol. The molecule has 0 N–H and O–H groups in total. The van der Waals surface area contributed by atoms with Gasteiger partial charge >= 0.3 is 0 Å². The van der Waals surface area contributed by atoms with Gasteiger partial charge in [0.2, 0.25) is 0 Å². The van der Waals surface area contributed by atoms with Crippen molar-refractivity contribution < 1.29 is 0 Å². The zero-order chi connectivity index (χ0) is 10.2. The molecule has 1 saturated carbocycles. The fourth-order valence-corrected chi connectivity index (χ4v) is 4.88. The van der Waals surface area contributed by atoms with Crippen molar-refractivity contribution in [3.63, 3.8) is 0 Å². The predicted molar refractivity (Wildman–Crippen MR) is 65.8 cm³/mol. The van der Waals surface area contributed by atoms with Crippen LogP contribution in [0.5, 0.6) is 0 Å². The summed E-state index contributed by atoms with van der Waals surface area (Å²) in [6.07, 6.45) is 7.38. The summed E-state index contributed by atoms with van der Waals surface area (Å²) in [5.74, 6) is 3.44. The highest BCUT2D eigenvalue weighted by Crippen LogP contribution is 2.50. The van der Waals surface area contributed by atoms with Crippen LogP contribution in [0.3, 0.4) is 0 Å². The van der Waals surface area contributed by atoms with E-state index in [2.05, 4.69) is 32.5 Å². The number of thioether (sulfide) groups is 1. The summed E-state index contributed by atoms with van der Waals surface area (Å²) in [5, 5.41) is 0.919. The van der Waals surface area contributed by atoms with Crippen molar-refractivity contribution in [3.05, 3.63) is 0 Å². The molecule has 1 heterocycles. The summed E-state index contributed by atoms with van der Waals surface area (Å²) in [7, 11) is 0. The van der Waals surface area contributed by atoms with E-state index in [0.29, 0.717) is 5.41 Å². The normalized spacial score (nSPS) is 42.6. The first-order valence-corrected chi connectivity index (χ1v) is 7.28. The molecule has 0 bridgehead atoms. The van der Waals surface area contributed by atoms with Crippen molar-refractivity contribution in [1.29, 1.82) is 0 Å². The van der Waals surface area contributed by atoms with Crippen LogP contribution in [0.4, 0.5) is 0 Å². The molecule has 0 aromatic heterocycles. The molecule has 0 spiro atoms. The van der Waals surface area contributed by atoms with Crippen LogP contribution >= 0.6 is 11.8 Å². The zero-order valence-corrected chi connectivity index (χ0v) is 10.7. The Morgan fingerprint density at radius 3 is 2.71 bits per heavy atom. The molecular formula is C13H24S. The molecule has 1 saturated heterocycles. The third kappa shape index (κ3) is 1.98. The van der Waals surface area contributed by atoms with Gasteiger partial charge in [0.15, 0.2) is 0 Å². The highest BCUT2D eigenvalue weighted by molar-refractivity contribution is 7.99. The third-order valence-electron chi connectivity index (χ3n) is 4.52. The molecule has 1 aliphatic carbocycles. The van der Waals surface area contributed by atoms with E-state index in [1.54, 1.807) is 0 Å². The molecule has 14 heavy (non-hydrogen) atoms. The second kappa shape index (κ2) is 4.08. The van der Waals surface area contributed by atoms with Crippen molar-refractivity contribution in [2.45, 2.75) is 58.1 Å². The number of fused-ring (bicyclic) bond motifs is 1. The summed E-state index contributed by atoms with van der Waals surface area (Å²) < 4.78 is 0. The Bertz CT molecular complexity index is 197. The first-order chi connectivity index (χ1) is 6.61. The van der Waals surface area contributed by atoms with Crippen molar-refractivity contribution in [2.75, 3.05) is 5.75 Å². The van der Waals surface area contributed by atoms with E-state index in [-0.39, 0.29) is 0 Å². The monoisotopic (exact) mass is 212 g/mol. The molecule has 0 radical (unpaired) electrons. The van der Waals surface area contributed by atoms with Gasteiger partial charge in [-0.3, -0.25) is 0 Å². The van der Waals surface area contributed by atoms with E-state index in [0.717, 1.165) is 17.1 Å². The minimum Gasteiger partial charge on any atom is -0.159 e. The molecule has 0 amide bonds. The Kier molecular flexibility index (Phi) is 3.16. The lowest BCUT2D eigenvalue weighted by atomic mass is 9.70. The Labute approximate surface area is 93.2 Å². The maximum Gasteiger partial charge on any atom is 0.00498 e. The smallest absolute Gasteiger partial charge is 0.00498 e. The van der Waals surface area contributed by atoms with Gasteiger partial charge in [0.1, 0.15) is 0 Å². The molecule has 0 aromatic rings. The molecule has 82 valence electrons. The van der Waals surface area contributed by atoms with Gasteiger partial charge in [-0.15, -0.1) is 0 Å². The lowest BCUT2D eigenvalue weighted by Crippen LogP contribution is -2.33. The summed E-state index contributed by atoms with van der Waals surface area (Å²) in [6, 6.07) is 0. The van der Waals surface area contributed by atoms with E-state index >= 15 is 0 Å². The molecule has 3 unspecified atom stereocenters. The molecule has 1 aliphatic heterocycles. The summed E-state index contributed by atoms with van der Waals surface area (Å²) in [5.41, 5.74) is 0.621. The van der Waals surface area contributed by atoms with E-state index in [1.165, 1.54) is 37.9 Å². The molecular weight excluding hydrogens is 188 g/mol. The highest BCUT2D eigenvalue weighted by Gasteiger charge is 2.41. The van der Waals surface area contributed by atoms with Crippen LogP contribution in [0.2, 0.25) is 0 Å². The lowest BCUT2D eigenvalue weighted by molar-refractivity contribution is 0.146. The van der Waals surface area contributed by atoms with E-state index in [4.69, 9.17) is 0 Å². The van der Waals surface area contributed by atoms with Crippen molar-refractivity contribution in [3.8, 4) is 0 Å². The first kappa shape index (κ1) is 10.9. The van der Waals surface area contributed by atoms with Gasteiger partial charge in [-0.2, -0.15) is 11.8 Å². The Hall–Kier alpha value is 0.350. The fraction of sp³-hybridized carbons (Fsp3) is 1.00. The second-order valence-electron chi connectivity index (χ2n) is 5.87. The zero-order valence-electron chi connectivity index (χ0n) is 9.88. The second-order valence-corrected chi connectivity index (χ2v) is 7.35. The van der Waals surface area contributed by atoms with Crippen LogP contribution < -0.4 is 0 Å². The van der Waals surface area contributed by atoms with Crippen LogP contribution in [0.25, 0.3) is 0 Å². The number of hydrogen-bond donors (Lipinski definition) is 0. The molecule has 1 heteroatoms. The standard InChI is InChI=1S/C13H24S/c1-10-11-6-4-7-12(11)13(2,3)8-5-9-14-10/h10-12H,4-9H2,1-3H3. The predicted octanol–water partition coefficient (Wildman–Crippen LogP) is 4.34. The van der Waals surface area contributed by atoms with Gasteiger partial charge in [-0.25, -0.2) is 0 Å². The van der Waals surface area contributed by atoms with E-state index in [1.807, 2.05) is 0 Å². The first-order valence-electron chi connectivity index (χ1n) is 6.23. The third-order valence-corrected chi connectivity index (χ3v) is 5.92. The van der Waals surface area contributed by atoms with Gasteiger partial charge in [0, 0.05) is 5.25 Å². The Balaban J connectivity index is 2.15. The lowest BCUT2D eigenvalue weighted by Gasteiger charge is -2.40. The largest absolute Gasteiger partial charge is 0.159 e. The van der Waals surface area contributed by atoms with Crippen LogP contribution in [-0.2, 0) is 0 Å². The van der Waals surface area contributed by atoms with Crippen LogP contribution in [0.15, 0.2) is 0 Å². The molecule has 0 aromatic carbocycles. The number of rotatable bonds is 0. The maximum atomic E-state index is 2.51. The van der Waals surface area contributed by atoms with Crippen LogP contribution in [-0.4, -0.2) is 11.0 Å². The topological polar surface area (TPSA) is 0 Å². The maximum absolute atomic E-state index is 2.51. The van der Waals surface area contributed by atoms with Gasteiger partial charge in [0.05, 0.1) is 0 Å². The molecule has 0 nitrogen and oxygen atoms in total. The molecule has 2 aliphatic rings. The van der Waals surface area contributed by atoms with Crippen LogP contribution in [0, 0.1) is 17.3 Å². The Morgan fingerprint density at radius 1 is 1.14 bits per heavy atom. The molecule has 3 atom stereocenters. The van der Waals surface area contributed by atoms with Crippen molar-refractivity contribution in [1.82, 2.24) is 0 Å². The van der Waals surface area contributed by atoms with E-state index < -0.39 is 0 Å². The minimum absolute atomic E-state index is 0.621. The van der Waals surface area contributed by atoms with Gasteiger partial charge in [-0.05, 0) is 48.7 Å². The van der Waals surface area contributed by atoms with Gasteiger partial charge in [-0.1, -0.05) is 27.2 Å². The molecule has 2 fully saturated rings. The van der Waals surface area contributed by atoms with Gasteiger partial charge < -0.3 is 0 Å². The number of hydrogen-bond acceptors (Lipinski definition) is 1. The van der Waals surface area contributed by atoms with Gasteiger partial charge in [0.25, 0.3) is 0 Å². The van der Waals surface area contributed by atoms with Crippen LogP contribution in [0.1, 0.15) is 52.9 Å². The highest BCUT2D eigenvalue weighted by atomic mass is 32.2. The van der Waals surface area contributed by atoms with E-state index in [9.17, 15) is 0 Å². The average Bonchev–Trinajstić information content (AvgIpc) is 2.59. The summed E-state index contributed by atoms with van der Waals surface area (Å²) >= 11 is 2.23. The quantitative estimate of drug-likeness (QED) is 0.575. The van der Waals surface area contributed by atoms with Crippen molar-refractivity contribution >= 4 is 11.8 Å². The molecule has 2 rings (SSSR count). The fourth-order valence-electron chi connectivity index (χ4n) is 3.63. The Morgan fingerprint density at radius 2 is 1.93 bits per heavy atom. The summed E-state index contributed by atoms with van der Waals surface area (Å²) in [6.45, 7) is 7.49. The minimum atomic E-state index is 0.621. The summed E-state index contributed by atoms with van der Waals surface area (Å²) in [4.78, 5) is 0.